The van der Waals surface area contributed by atoms with Gasteiger partial charge in [0.2, 0.25) is 0 Å². The molecule has 0 saturated heterocycles. The van der Waals surface area contributed by atoms with Crippen molar-refractivity contribution in [2.45, 2.75) is 6.85 Å². The molecule has 8 aromatic rings. The van der Waals surface area contributed by atoms with E-state index in [1.165, 1.54) is 0 Å². The number of benzene rings is 5. The molecule has 38 heavy (non-hydrogen) atoms. The Kier molecular flexibility index (Phi) is 3.66. The highest BCUT2D eigenvalue weighted by Gasteiger charge is 2.17. The minimum absolute atomic E-state index is 0.107. The monoisotopic (exact) mass is 493 g/mol. The number of hydrogen-bond donors (Lipinski definition) is 1. The molecule has 1 N–H and O–H groups in total. The van der Waals surface area contributed by atoms with Crippen LogP contribution in [0.5, 0.6) is 5.75 Å². The van der Waals surface area contributed by atoms with Gasteiger partial charge in [0.05, 0.1) is 33.0 Å². The lowest BCUT2D eigenvalue weighted by Gasteiger charge is -2.12. The summed E-state index contributed by atoms with van der Waals surface area (Å²) in [6.07, 6.45) is 1.71. The first kappa shape index (κ1) is 18.1. The number of aromatic nitrogens is 4. The Labute approximate surface area is 222 Å². The first-order valence-electron chi connectivity index (χ1n) is 13.9. The van der Waals surface area contributed by atoms with Gasteiger partial charge in [-0.2, -0.15) is 0 Å². The van der Waals surface area contributed by atoms with Crippen LogP contribution in [0.4, 0.5) is 0 Å². The highest BCUT2D eigenvalue weighted by Crippen LogP contribution is 2.37. The maximum atomic E-state index is 10.7. The van der Waals surface area contributed by atoms with Crippen LogP contribution >= 0.6 is 0 Å². The fourth-order valence-corrected chi connectivity index (χ4v) is 5.72. The van der Waals surface area contributed by atoms with E-state index in [1.54, 1.807) is 30.6 Å². The van der Waals surface area contributed by atoms with Crippen molar-refractivity contribution in [3.05, 3.63) is 115 Å². The molecule has 8 rings (SSSR count). The third kappa shape index (κ3) is 2.87. The minimum atomic E-state index is -2.32. The Morgan fingerprint density at radius 3 is 2.29 bits per heavy atom. The molecule has 5 nitrogen and oxygen atoms in total. The number of aromatic hydroxyl groups is 1. The molecule has 0 amide bonds. The highest BCUT2D eigenvalue weighted by molar-refractivity contribution is 6.09. The van der Waals surface area contributed by atoms with Crippen molar-refractivity contribution in [3.8, 4) is 22.6 Å². The van der Waals surface area contributed by atoms with Crippen molar-refractivity contribution in [3.63, 3.8) is 0 Å². The summed E-state index contributed by atoms with van der Waals surface area (Å²) in [6.45, 7) is -2.32. The van der Waals surface area contributed by atoms with Gasteiger partial charge in [-0.15, -0.1) is 0 Å². The third-order valence-electron chi connectivity index (χ3n) is 7.34. The average molecular weight is 494 g/mol. The molecule has 0 aliphatic rings. The van der Waals surface area contributed by atoms with E-state index in [4.69, 9.17) is 9.10 Å². The normalized spacial score (nSPS) is 13.4. The molecular weight excluding hydrogens is 468 g/mol. The van der Waals surface area contributed by atoms with Crippen molar-refractivity contribution in [1.82, 2.24) is 18.9 Å². The molecule has 0 saturated carbocycles. The van der Waals surface area contributed by atoms with Gasteiger partial charge in [-0.1, -0.05) is 60.7 Å². The second kappa shape index (κ2) is 7.67. The smallest absolute Gasteiger partial charge is 0.152 e. The predicted octanol–water partition coefficient (Wildman–Crippen LogP) is 7.81. The lowest BCUT2D eigenvalue weighted by molar-refractivity contribution is 0.481. The van der Waals surface area contributed by atoms with E-state index in [2.05, 4.69) is 33.8 Å². The van der Waals surface area contributed by atoms with Gasteiger partial charge in [0.1, 0.15) is 12.1 Å². The van der Waals surface area contributed by atoms with Crippen LogP contribution in [0.3, 0.4) is 0 Å². The molecule has 0 aliphatic heterocycles. The van der Waals surface area contributed by atoms with Crippen molar-refractivity contribution in [2.75, 3.05) is 0 Å². The Hall–Kier alpha value is -5.16. The van der Waals surface area contributed by atoms with Gasteiger partial charge < -0.3 is 9.67 Å². The van der Waals surface area contributed by atoms with Crippen LogP contribution < -0.4 is 0 Å². The highest BCUT2D eigenvalue weighted by atomic mass is 16.3. The Morgan fingerprint density at radius 2 is 1.50 bits per heavy atom. The maximum Gasteiger partial charge on any atom is 0.152 e. The first-order valence-corrected chi connectivity index (χ1v) is 12.4. The third-order valence-corrected chi connectivity index (χ3v) is 7.34. The zero-order valence-electron chi connectivity index (χ0n) is 23.1. The Balaban J connectivity index is 1.45. The summed E-state index contributed by atoms with van der Waals surface area (Å²) in [5.41, 5.74) is 7.29. The van der Waals surface area contributed by atoms with Crippen LogP contribution in [0, 0.1) is 6.85 Å². The summed E-state index contributed by atoms with van der Waals surface area (Å²) >= 11 is 0. The van der Waals surface area contributed by atoms with Crippen LogP contribution in [-0.2, 0) is 0 Å². The molecule has 180 valence electrons. The van der Waals surface area contributed by atoms with Crippen molar-refractivity contribution in [2.24, 2.45) is 0 Å². The van der Waals surface area contributed by atoms with E-state index in [0.717, 1.165) is 44.1 Å². The lowest BCUT2D eigenvalue weighted by Crippen LogP contribution is -1.95. The molecular formula is C33H22N4O. The molecule has 0 fully saturated rings. The summed E-state index contributed by atoms with van der Waals surface area (Å²) in [6, 6.07) is 32.9. The largest absolute Gasteiger partial charge is 0.507 e. The van der Waals surface area contributed by atoms with Gasteiger partial charge >= 0.3 is 0 Å². The van der Waals surface area contributed by atoms with Crippen LogP contribution in [0.25, 0.3) is 66.2 Å². The zero-order chi connectivity index (χ0) is 27.9. The standard InChI is InChI=1S/C33H22N4O/c1-20-16-21(18-22(17-20)37-27-12-4-2-8-24(27)25-9-3-5-13-28(25)37)23-10-6-14-29-32(23)35-33-31-26(34-19-36(29)33)11-7-15-30(31)38/h2-19,38H,1H3/i1D3. The van der Waals surface area contributed by atoms with Crippen LogP contribution in [0.15, 0.2) is 109 Å². The van der Waals surface area contributed by atoms with Crippen LogP contribution in [0.2, 0.25) is 0 Å². The van der Waals surface area contributed by atoms with Gasteiger partial charge in [0, 0.05) is 26.1 Å². The molecule has 3 heterocycles. The second-order valence-electron chi connectivity index (χ2n) is 9.53. The maximum absolute atomic E-state index is 10.7. The van der Waals surface area contributed by atoms with Gasteiger partial charge in [-0.05, 0) is 60.4 Å². The fraction of sp³-hybridized carbons (Fsp3) is 0.0303. The number of phenols is 1. The van der Waals surface area contributed by atoms with Crippen molar-refractivity contribution in [1.29, 1.82) is 0 Å². The molecule has 0 bridgehead atoms. The summed E-state index contributed by atoms with van der Waals surface area (Å²) in [4.78, 5) is 9.51. The minimum Gasteiger partial charge on any atom is -0.507 e. The molecule has 5 heteroatoms. The van der Waals surface area contributed by atoms with E-state index in [0.29, 0.717) is 22.1 Å². The van der Waals surface area contributed by atoms with Crippen molar-refractivity contribution < 1.29 is 9.22 Å². The number of fused-ring (bicyclic) bond motifs is 8. The topological polar surface area (TPSA) is 55.4 Å². The van der Waals surface area contributed by atoms with Crippen LogP contribution in [0.1, 0.15) is 9.68 Å². The summed E-state index contributed by atoms with van der Waals surface area (Å²) < 4.78 is 28.9. The van der Waals surface area contributed by atoms with Crippen molar-refractivity contribution >= 4 is 49.4 Å². The molecule has 0 unspecified atom stereocenters. The van der Waals surface area contributed by atoms with E-state index in [9.17, 15) is 5.11 Å². The Bertz CT molecular complexity index is 2280. The summed E-state index contributed by atoms with van der Waals surface area (Å²) in [5, 5.41) is 13.4. The van der Waals surface area contributed by atoms with E-state index < -0.39 is 6.85 Å². The van der Waals surface area contributed by atoms with Gasteiger partial charge in [-0.25, -0.2) is 9.97 Å². The molecule has 3 aromatic heterocycles. The molecule has 0 aliphatic carbocycles. The van der Waals surface area contributed by atoms with E-state index >= 15 is 0 Å². The molecule has 0 spiro atoms. The molecule has 0 atom stereocenters. The number of phenolic OH excluding ortho intramolecular Hbond substituents is 1. The number of hydrogen-bond acceptors (Lipinski definition) is 3. The quantitative estimate of drug-likeness (QED) is 0.267. The number of aryl methyl sites for hydroxylation is 1. The summed E-state index contributed by atoms with van der Waals surface area (Å²) in [7, 11) is 0. The predicted molar refractivity (Wildman–Crippen MR) is 154 cm³/mol. The van der Waals surface area contributed by atoms with E-state index in [-0.39, 0.29) is 11.3 Å². The first-order chi connectivity index (χ1) is 19.9. The Morgan fingerprint density at radius 1 is 0.763 bits per heavy atom. The van der Waals surface area contributed by atoms with E-state index in [1.807, 2.05) is 59.0 Å². The molecule has 5 aromatic carbocycles. The molecule has 0 radical (unpaired) electrons. The number of rotatable bonds is 2. The lowest BCUT2D eigenvalue weighted by atomic mass is 10.0. The zero-order valence-corrected chi connectivity index (χ0v) is 20.1. The number of nitrogens with zero attached hydrogens (tertiary/aromatic N) is 4. The van der Waals surface area contributed by atoms with Gasteiger partial charge in [0.25, 0.3) is 0 Å². The number of para-hydroxylation sites is 3. The van der Waals surface area contributed by atoms with Gasteiger partial charge in [0.15, 0.2) is 5.65 Å². The van der Waals surface area contributed by atoms with Gasteiger partial charge in [-0.3, -0.25) is 4.40 Å². The number of imidazole rings is 1. The fourth-order valence-electron chi connectivity index (χ4n) is 5.72. The van der Waals surface area contributed by atoms with Crippen LogP contribution in [-0.4, -0.2) is 24.0 Å². The second-order valence-corrected chi connectivity index (χ2v) is 9.53. The average Bonchev–Trinajstić information content (AvgIpc) is 3.52. The SMILES string of the molecule is [2H]C([2H])([2H])c1cc(-c2cccc3c2nc2c4c(O)cccc4ncn32)cc(-n2c3ccccc3c3ccccc32)c1. The summed E-state index contributed by atoms with van der Waals surface area (Å²) in [5.74, 6) is 0.107.